The highest BCUT2D eigenvalue weighted by atomic mass is 16.5. The van der Waals surface area contributed by atoms with Gasteiger partial charge in [-0.2, -0.15) is 0 Å². The minimum Gasteiger partial charge on any atom is -0.490 e. The average molecular weight is 536 g/mol. The molecule has 0 fully saturated rings. The summed E-state index contributed by atoms with van der Waals surface area (Å²) in [5.41, 5.74) is 16.6. The lowest BCUT2D eigenvalue weighted by Crippen LogP contribution is -2.41. The Morgan fingerprint density at radius 2 is 1.72 bits per heavy atom. The fraction of sp³-hybridized carbons (Fsp3) is 0.433. The van der Waals surface area contributed by atoms with E-state index < -0.39 is 11.9 Å². The molecule has 6 N–H and O–H groups in total. The first kappa shape index (κ1) is 29.7. The van der Waals surface area contributed by atoms with Crippen LogP contribution < -0.4 is 31.6 Å². The molecule has 9 heteroatoms. The Hall–Kier alpha value is -3.85. The van der Waals surface area contributed by atoms with Crippen molar-refractivity contribution in [3.63, 3.8) is 0 Å². The van der Waals surface area contributed by atoms with Crippen molar-refractivity contribution in [1.82, 2.24) is 10.3 Å². The van der Waals surface area contributed by atoms with E-state index in [0.29, 0.717) is 54.7 Å². The minimum absolute atomic E-state index is 0.0212. The lowest BCUT2D eigenvalue weighted by atomic mass is 10.00. The number of nitrogens with one attached hydrogen (secondary N) is 2. The van der Waals surface area contributed by atoms with E-state index in [4.69, 9.17) is 20.9 Å². The van der Waals surface area contributed by atoms with Crippen molar-refractivity contribution in [3.05, 3.63) is 53.2 Å². The summed E-state index contributed by atoms with van der Waals surface area (Å²) in [6.07, 6.45) is 3.03. The number of carbonyl (C=O) groups excluding carboxylic acids is 2. The number of nitrogens with zero attached hydrogens (tertiary/aromatic N) is 1. The smallest absolute Gasteiger partial charge is 0.237 e. The molecule has 1 atom stereocenters. The molecule has 2 amide bonds. The van der Waals surface area contributed by atoms with Crippen LogP contribution in [0.2, 0.25) is 0 Å². The van der Waals surface area contributed by atoms with Gasteiger partial charge in [0.15, 0.2) is 11.5 Å². The van der Waals surface area contributed by atoms with Gasteiger partial charge in [-0.15, -0.1) is 0 Å². The molecular formula is C30H41N5O4. The van der Waals surface area contributed by atoms with E-state index in [2.05, 4.69) is 22.5 Å². The van der Waals surface area contributed by atoms with Gasteiger partial charge in [-0.3, -0.25) is 14.6 Å². The Labute approximate surface area is 230 Å². The summed E-state index contributed by atoms with van der Waals surface area (Å²) in [5, 5.41) is 7.32. The van der Waals surface area contributed by atoms with Crippen LogP contribution in [-0.4, -0.2) is 36.1 Å². The lowest BCUT2D eigenvalue weighted by Gasteiger charge is -2.20. The van der Waals surface area contributed by atoms with Crippen LogP contribution in [-0.2, 0) is 29.0 Å². The first-order valence-corrected chi connectivity index (χ1v) is 13.6. The molecule has 0 saturated heterocycles. The van der Waals surface area contributed by atoms with Crippen molar-refractivity contribution < 1.29 is 19.1 Å². The molecule has 1 aromatic heterocycles. The molecule has 0 saturated carbocycles. The summed E-state index contributed by atoms with van der Waals surface area (Å²) in [7, 11) is 0. The predicted molar refractivity (Wildman–Crippen MR) is 155 cm³/mol. The molecule has 9 nitrogen and oxygen atoms in total. The third kappa shape index (κ3) is 7.60. The number of anilines is 2. The number of benzene rings is 2. The first-order chi connectivity index (χ1) is 18.7. The van der Waals surface area contributed by atoms with E-state index in [0.717, 1.165) is 34.3 Å². The standard InChI is InChI=1S/C30H41N5O4/c1-6-21-19(16-34-30(37)23(31)12-18(4)5)10-9-11-24(21)35-29-20(13-28(32)36)17-33-25-15-27(39-8-3)26(38-7-2)14-22(25)29/h9-11,14-15,17-18,23H,6-8,12-13,16,31H2,1-5H3,(H2,32,36)(H,33,35)(H,34,37)/t23-/m1/s1. The van der Waals surface area contributed by atoms with Crippen LogP contribution >= 0.6 is 0 Å². The van der Waals surface area contributed by atoms with Gasteiger partial charge >= 0.3 is 0 Å². The third-order valence-corrected chi connectivity index (χ3v) is 6.38. The maximum absolute atomic E-state index is 12.6. The van der Waals surface area contributed by atoms with Crippen LogP contribution in [0.4, 0.5) is 11.4 Å². The number of amides is 2. The number of hydrogen-bond acceptors (Lipinski definition) is 7. The summed E-state index contributed by atoms with van der Waals surface area (Å²) in [5.74, 6) is 0.914. The maximum atomic E-state index is 12.6. The Bertz CT molecular complexity index is 1310. The molecule has 0 spiro atoms. The third-order valence-electron chi connectivity index (χ3n) is 6.38. The second kappa shape index (κ2) is 13.8. The van der Waals surface area contributed by atoms with E-state index >= 15 is 0 Å². The minimum atomic E-state index is -0.544. The number of carbonyl (C=O) groups is 2. The SMILES string of the molecule is CCOc1cc2ncc(CC(N)=O)c(Nc3cccc(CNC(=O)[C@H](N)CC(C)C)c3CC)c2cc1OCC. The van der Waals surface area contributed by atoms with E-state index in [1.54, 1.807) is 6.20 Å². The number of fused-ring (bicyclic) bond motifs is 1. The normalized spacial score (nSPS) is 11.9. The van der Waals surface area contributed by atoms with Crippen molar-refractivity contribution in [2.24, 2.45) is 17.4 Å². The van der Waals surface area contributed by atoms with Gasteiger partial charge in [0.25, 0.3) is 0 Å². The van der Waals surface area contributed by atoms with Gasteiger partial charge < -0.3 is 31.6 Å². The molecule has 0 radical (unpaired) electrons. The van der Waals surface area contributed by atoms with Crippen molar-refractivity contribution in [3.8, 4) is 11.5 Å². The zero-order valence-corrected chi connectivity index (χ0v) is 23.6. The lowest BCUT2D eigenvalue weighted by molar-refractivity contribution is -0.123. The molecule has 1 heterocycles. The van der Waals surface area contributed by atoms with Crippen LogP contribution in [0, 0.1) is 5.92 Å². The van der Waals surface area contributed by atoms with E-state index in [1.165, 1.54) is 0 Å². The second-order valence-electron chi connectivity index (χ2n) is 9.86. The number of hydrogen-bond donors (Lipinski definition) is 4. The number of rotatable bonds is 14. The van der Waals surface area contributed by atoms with Crippen LogP contribution in [0.5, 0.6) is 11.5 Å². The van der Waals surface area contributed by atoms with Crippen molar-refractivity contribution in [2.45, 2.75) is 66.5 Å². The molecule has 0 bridgehead atoms. The molecule has 0 unspecified atom stereocenters. The van der Waals surface area contributed by atoms with Gasteiger partial charge in [-0.1, -0.05) is 32.9 Å². The molecular weight excluding hydrogens is 494 g/mol. The van der Waals surface area contributed by atoms with Crippen molar-refractivity contribution in [1.29, 1.82) is 0 Å². The zero-order valence-electron chi connectivity index (χ0n) is 23.6. The topological polar surface area (TPSA) is 142 Å². The molecule has 0 aliphatic heterocycles. The quantitative estimate of drug-likeness (QED) is 0.240. The van der Waals surface area contributed by atoms with Crippen LogP contribution in [0.25, 0.3) is 10.9 Å². The first-order valence-electron chi connectivity index (χ1n) is 13.6. The van der Waals surface area contributed by atoms with E-state index in [9.17, 15) is 9.59 Å². The highest BCUT2D eigenvalue weighted by Gasteiger charge is 2.19. The summed E-state index contributed by atoms with van der Waals surface area (Å²) in [6, 6.07) is 9.09. The van der Waals surface area contributed by atoms with Crippen LogP contribution in [0.1, 0.15) is 57.7 Å². The summed E-state index contributed by atoms with van der Waals surface area (Å²) in [6.45, 7) is 11.3. The van der Waals surface area contributed by atoms with E-state index in [1.807, 2.05) is 58.0 Å². The largest absolute Gasteiger partial charge is 0.490 e. The Kier molecular flexibility index (Phi) is 10.5. The van der Waals surface area contributed by atoms with Crippen molar-refractivity contribution >= 4 is 34.1 Å². The summed E-state index contributed by atoms with van der Waals surface area (Å²) in [4.78, 5) is 29.1. The number of nitrogens with two attached hydrogens (primary N) is 2. The molecule has 0 aliphatic carbocycles. The van der Waals surface area contributed by atoms with Gasteiger partial charge in [0, 0.05) is 35.4 Å². The number of aromatic nitrogens is 1. The van der Waals surface area contributed by atoms with Gasteiger partial charge in [-0.05, 0) is 55.9 Å². The maximum Gasteiger partial charge on any atom is 0.237 e. The summed E-state index contributed by atoms with van der Waals surface area (Å²) >= 11 is 0. The number of ether oxygens (including phenoxy) is 2. The zero-order chi connectivity index (χ0) is 28.5. The Balaban J connectivity index is 2.04. The summed E-state index contributed by atoms with van der Waals surface area (Å²) < 4.78 is 11.6. The molecule has 210 valence electrons. The molecule has 3 aromatic rings. The van der Waals surface area contributed by atoms with Gasteiger partial charge in [0.2, 0.25) is 11.8 Å². The van der Waals surface area contributed by atoms with E-state index in [-0.39, 0.29) is 12.3 Å². The van der Waals surface area contributed by atoms with Gasteiger partial charge in [-0.25, -0.2) is 0 Å². The van der Waals surface area contributed by atoms with Crippen molar-refractivity contribution in [2.75, 3.05) is 18.5 Å². The predicted octanol–water partition coefficient (Wildman–Crippen LogP) is 4.36. The average Bonchev–Trinajstić information content (AvgIpc) is 2.88. The Morgan fingerprint density at radius 1 is 1.03 bits per heavy atom. The second-order valence-corrected chi connectivity index (χ2v) is 9.86. The monoisotopic (exact) mass is 535 g/mol. The van der Waals surface area contributed by atoms with Gasteiger partial charge in [0.1, 0.15) is 0 Å². The number of pyridine rings is 1. The fourth-order valence-corrected chi connectivity index (χ4v) is 4.65. The number of primary amides is 1. The molecule has 2 aromatic carbocycles. The highest BCUT2D eigenvalue weighted by molar-refractivity contribution is 5.98. The van der Waals surface area contributed by atoms with Gasteiger partial charge in [0.05, 0.1) is 36.9 Å². The highest BCUT2D eigenvalue weighted by Crippen LogP contribution is 2.38. The fourth-order valence-electron chi connectivity index (χ4n) is 4.65. The van der Waals surface area contributed by atoms with Crippen LogP contribution in [0.15, 0.2) is 36.5 Å². The Morgan fingerprint density at radius 3 is 2.33 bits per heavy atom. The molecule has 39 heavy (non-hydrogen) atoms. The molecule has 3 rings (SSSR count). The van der Waals surface area contributed by atoms with Crippen LogP contribution in [0.3, 0.4) is 0 Å². The molecule has 0 aliphatic rings.